The number of hydrogen-bond donors (Lipinski definition) is 2. The minimum absolute atomic E-state index is 0.0519. The zero-order valence-electron chi connectivity index (χ0n) is 20.6. The van der Waals surface area contributed by atoms with Gasteiger partial charge in [0.1, 0.15) is 11.5 Å². The molecule has 0 saturated carbocycles. The van der Waals surface area contributed by atoms with E-state index in [1.165, 1.54) is 5.56 Å². The van der Waals surface area contributed by atoms with E-state index in [0.717, 1.165) is 33.5 Å². The van der Waals surface area contributed by atoms with Crippen LogP contribution in [0.15, 0.2) is 107 Å². The normalized spacial score (nSPS) is 11.2. The van der Waals surface area contributed by atoms with Crippen molar-refractivity contribution in [2.24, 2.45) is 10.2 Å². The predicted molar refractivity (Wildman–Crippen MR) is 152 cm³/mol. The number of para-hydroxylation sites is 2. The standard InChI is InChI=1S/C30H26N4O2S/c1-20-12-13-21(2)22(18-20)19-34-27-11-7-6-10-26(27)28(29(34)35)32-33-30(37)31-23-14-16-25(17-15-23)36-24-8-4-3-5-9-24/h3-18,35H,19H2,1-2H3,(H,31,37). The smallest absolute Gasteiger partial charge is 0.221 e. The van der Waals surface area contributed by atoms with Crippen LogP contribution >= 0.6 is 12.2 Å². The second-order valence-corrected chi connectivity index (χ2v) is 9.16. The molecule has 0 amide bonds. The second kappa shape index (κ2) is 10.6. The molecule has 4 aromatic carbocycles. The van der Waals surface area contributed by atoms with Gasteiger partial charge in [0.15, 0.2) is 5.69 Å². The maximum Gasteiger partial charge on any atom is 0.221 e. The number of fused-ring (bicyclic) bond motifs is 1. The number of rotatable bonds is 6. The van der Waals surface area contributed by atoms with Crippen molar-refractivity contribution in [2.75, 3.05) is 5.32 Å². The van der Waals surface area contributed by atoms with Crippen molar-refractivity contribution < 1.29 is 9.84 Å². The highest BCUT2D eigenvalue weighted by Gasteiger charge is 2.17. The molecular weight excluding hydrogens is 480 g/mol. The van der Waals surface area contributed by atoms with E-state index >= 15 is 0 Å². The first kappa shape index (κ1) is 24.2. The summed E-state index contributed by atoms with van der Waals surface area (Å²) < 4.78 is 7.68. The van der Waals surface area contributed by atoms with Gasteiger partial charge in [0, 0.05) is 11.1 Å². The number of ether oxygens (including phenoxy) is 1. The SMILES string of the molecule is Cc1ccc(C)c(Cn2c(O)c(N=NC(=S)Nc3ccc(Oc4ccccc4)cc3)c3ccccc32)c1. The van der Waals surface area contributed by atoms with E-state index in [1.54, 1.807) is 0 Å². The van der Waals surface area contributed by atoms with Crippen molar-refractivity contribution >= 4 is 39.6 Å². The van der Waals surface area contributed by atoms with E-state index in [4.69, 9.17) is 17.0 Å². The summed E-state index contributed by atoms with van der Waals surface area (Å²) in [6.45, 7) is 4.66. The van der Waals surface area contributed by atoms with E-state index in [9.17, 15) is 5.11 Å². The average Bonchev–Trinajstić information content (AvgIpc) is 3.17. The minimum Gasteiger partial charge on any atom is -0.493 e. The zero-order chi connectivity index (χ0) is 25.8. The van der Waals surface area contributed by atoms with Gasteiger partial charge in [-0.2, -0.15) is 0 Å². The number of anilines is 1. The summed E-state index contributed by atoms with van der Waals surface area (Å²) in [6, 6.07) is 31.1. The lowest BCUT2D eigenvalue weighted by molar-refractivity contribution is 0.429. The third kappa shape index (κ3) is 5.52. The Hall–Kier alpha value is -4.49. The number of azo groups is 1. The Morgan fingerprint density at radius 1 is 0.892 bits per heavy atom. The molecule has 0 atom stereocenters. The molecule has 0 aliphatic carbocycles. The molecule has 1 heterocycles. The molecule has 7 heteroatoms. The van der Waals surface area contributed by atoms with E-state index in [2.05, 4.69) is 47.6 Å². The van der Waals surface area contributed by atoms with Gasteiger partial charge >= 0.3 is 0 Å². The number of nitrogens with one attached hydrogen (secondary N) is 1. The third-order valence-electron chi connectivity index (χ3n) is 6.08. The summed E-state index contributed by atoms with van der Waals surface area (Å²) in [7, 11) is 0. The lowest BCUT2D eigenvalue weighted by Crippen LogP contribution is -2.04. The van der Waals surface area contributed by atoms with Gasteiger partial charge in [-0.3, -0.25) is 0 Å². The molecule has 37 heavy (non-hydrogen) atoms. The van der Waals surface area contributed by atoms with Crippen LogP contribution in [0.4, 0.5) is 11.4 Å². The largest absolute Gasteiger partial charge is 0.493 e. The summed E-state index contributed by atoms with van der Waals surface area (Å²) in [6.07, 6.45) is 0. The number of aromatic nitrogens is 1. The molecule has 0 unspecified atom stereocenters. The molecule has 6 nitrogen and oxygen atoms in total. The fourth-order valence-electron chi connectivity index (χ4n) is 4.15. The maximum absolute atomic E-state index is 11.1. The fraction of sp³-hybridized carbons (Fsp3) is 0.100. The average molecular weight is 507 g/mol. The first-order chi connectivity index (χ1) is 18.0. The predicted octanol–water partition coefficient (Wildman–Crippen LogP) is 8.29. The molecule has 5 rings (SSSR count). The molecule has 0 aliphatic rings. The number of aryl methyl sites for hydroxylation is 2. The fourth-order valence-corrected chi connectivity index (χ4v) is 4.30. The second-order valence-electron chi connectivity index (χ2n) is 8.78. The van der Waals surface area contributed by atoms with Crippen molar-refractivity contribution in [2.45, 2.75) is 20.4 Å². The third-order valence-corrected chi connectivity index (χ3v) is 6.26. The molecule has 5 aromatic rings. The summed E-state index contributed by atoms with van der Waals surface area (Å²) in [5.74, 6) is 1.53. The van der Waals surface area contributed by atoms with Crippen LogP contribution in [0.5, 0.6) is 17.4 Å². The van der Waals surface area contributed by atoms with Gasteiger partial charge in [-0.25, -0.2) is 0 Å². The summed E-state index contributed by atoms with van der Waals surface area (Å²) in [5, 5.41) is 23.7. The van der Waals surface area contributed by atoms with Crippen molar-refractivity contribution in [1.82, 2.24) is 4.57 Å². The number of hydrogen-bond acceptors (Lipinski definition) is 4. The first-order valence-electron chi connectivity index (χ1n) is 11.9. The molecule has 0 bridgehead atoms. The number of nitrogens with zero attached hydrogens (tertiary/aromatic N) is 3. The summed E-state index contributed by atoms with van der Waals surface area (Å²) >= 11 is 5.39. The summed E-state index contributed by atoms with van der Waals surface area (Å²) in [4.78, 5) is 0. The molecule has 184 valence electrons. The first-order valence-corrected chi connectivity index (χ1v) is 12.3. The Balaban J connectivity index is 1.33. The quantitative estimate of drug-likeness (QED) is 0.180. The number of thiocarbonyl (C=S) groups is 1. The number of benzene rings is 4. The highest BCUT2D eigenvalue weighted by atomic mass is 32.1. The van der Waals surface area contributed by atoms with Crippen LogP contribution in [0.3, 0.4) is 0 Å². The molecule has 0 fully saturated rings. The van der Waals surface area contributed by atoms with Crippen LogP contribution in [0.1, 0.15) is 16.7 Å². The molecule has 0 aliphatic heterocycles. The Bertz CT molecular complexity index is 1590. The lowest BCUT2D eigenvalue weighted by Gasteiger charge is -2.11. The van der Waals surface area contributed by atoms with E-state index in [-0.39, 0.29) is 11.0 Å². The molecule has 0 saturated heterocycles. The zero-order valence-corrected chi connectivity index (χ0v) is 21.4. The Morgan fingerprint density at radius 2 is 1.59 bits per heavy atom. The number of aromatic hydroxyl groups is 1. The van der Waals surface area contributed by atoms with Crippen LogP contribution < -0.4 is 10.1 Å². The molecule has 2 N–H and O–H groups in total. The highest BCUT2D eigenvalue weighted by Crippen LogP contribution is 2.39. The van der Waals surface area contributed by atoms with Gasteiger partial charge in [0.25, 0.3) is 0 Å². The van der Waals surface area contributed by atoms with Crippen LogP contribution in [0.2, 0.25) is 0 Å². The van der Waals surface area contributed by atoms with E-state index in [1.807, 2.05) is 83.4 Å². The van der Waals surface area contributed by atoms with Crippen molar-refractivity contribution in [3.05, 3.63) is 114 Å². The van der Waals surface area contributed by atoms with Gasteiger partial charge in [0.05, 0.1) is 12.1 Å². The van der Waals surface area contributed by atoms with Crippen molar-refractivity contribution in [3.63, 3.8) is 0 Å². The van der Waals surface area contributed by atoms with Gasteiger partial charge < -0.3 is 19.7 Å². The van der Waals surface area contributed by atoms with Gasteiger partial charge in [-0.05, 0) is 79.7 Å². The maximum atomic E-state index is 11.1. The van der Waals surface area contributed by atoms with Crippen molar-refractivity contribution in [3.8, 4) is 17.4 Å². The van der Waals surface area contributed by atoms with Gasteiger partial charge in [-0.15, -0.1) is 10.2 Å². The minimum atomic E-state index is 0.0519. The molecule has 0 spiro atoms. The van der Waals surface area contributed by atoms with E-state index < -0.39 is 0 Å². The topological polar surface area (TPSA) is 71.1 Å². The molecule has 0 radical (unpaired) electrons. The Labute approximate surface area is 220 Å². The van der Waals surface area contributed by atoms with Crippen LogP contribution in [0.25, 0.3) is 10.9 Å². The van der Waals surface area contributed by atoms with Crippen LogP contribution in [-0.2, 0) is 6.54 Å². The highest BCUT2D eigenvalue weighted by molar-refractivity contribution is 7.80. The monoisotopic (exact) mass is 506 g/mol. The van der Waals surface area contributed by atoms with Crippen molar-refractivity contribution in [1.29, 1.82) is 0 Å². The molecular formula is C30H26N4O2S. The van der Waals surface area contributed by atoms with Gasteiger partial charge in [-0.1, -0.05) is 60.2 Å². The Kier molecular flexibility index (Phi) is 6.96. The summed E-state index contributed by atoms with van der Waals surface area (Å²) in [5.41, 5.74) is 5.49. The van der Waals surface area contributed by atoms with E-state index in [0.29, 0.717) is 18.0 Å². The molecule has 1 aromatic heterocycles. The lowest BCUT2D eigenvalue weighted by atomic mass is 10.1. The Morgan fingerprint density at radius 3 is 2.38 bits per heavy atom. The van der Waals surface area contributed by atoms with Gasteiger partial charge in [0.2, 0.25) is 11.0 Å². The van der Waals surface area contributed by atoms with Crippen LogP contribution in [0, 0.1) is 13.8 Å². The van der Waals surface area contributed by atoms with Crippen LogP contribution in [-0.4, -0.2) is 14.8 Å².